The SMILES string of the molecule is Cc1cc(N2C(=O)C(=O)C(=C(O)c3ccc(Br)cc3)C2c2ccc(C(C)(C)C)cc2)no1. The zero-order chi connectivity index (χ0) is 23.2. The van der Waals surface area contributed by atoms with Crippen LogP contribution >= 0.6 is 15.9 Å². The summed E-state index contributed by atoms with van der Waals surface area (Å²) < 4.78 is 6.00. The van der Waals surface area contributed by atoms with E-state index in [-0.39, 0.29) is 22.6 Å². The fraction of sp³-hybridized carbons (Fsp3) is 0.240. The number of aliphatic hydroxyl groups is 1. The lowest BCUT2D eigenvalue weighted by molar-refractivity contribution is -0.132. The summed E-state index contributed by atoms with van der Waals surface area (Å²) in [4.78, 5) is 27.5. The molecule has 2 aromatic carbocycles. The number of halogens is 1. The highest BCUT2D eigenvalue weighted by Crippen LogP contribution is 2.42. The number of aryl methyl sites for hydroxylation is 1. The molecule has 0 aliphatic carbocycles. The molecule has 7 heteroatoms. The van der Waals surface area contributed by atoms with Crippen LogP contribution in [-0.2, 0) is 15.0 Å². The second kappa shape index (κ2) is 8.06. The van der Waals surface area contributed by atoms with E-state index < -0.39 is 17.7 Å². The summed E-state index contributed by atoms with van der Waals surface area (Å²) >= 11 is 3.37. The van der Waals surface area contributed by atoms with Crippen LogP contribution in [0.1, 0.15) is 49.3 Å². The number of rotatable bonds is 3. The standard InChI is InChI=1S/C25H23BrN2O4/c1-14-13-19(27-32-14)28-21(15-5-9-17(10-6-15)25(2,3)4)20(23(30)24(28)31)22(29)16-7-11-18(26)12-8-16/h5-13,21,29H,1-4H3. The Morgan fingerprint density at radius 1 is 1.06 bits per heavy atom. The van der Waals surface area contributed by atoms with Crippen LogP contribution in [0.5, 0.6) is 0 Å². The number of anilines is 1. The number of aliphatic hydroxyl groups excluding tert-OH is 1. The van der Waals surface area contributed by atoms with E-state index in [9.17, 15) is 14.7 Å². The van der Waals surface area contributed by atoms with E-state index in [4.69, 9.17) is 4.52 Å². The van der Waals surface area contributed by atoms with Crippen molar-refractivity contribution in [2.45, 2.75) is 39.2 Å². The summed E-state index contributed by atoms with van der Waals surface area (Å²) in [5, 5.41) is 15.1. The Morgan fingerprint density at radius 2 is 1.69 bits per heavy atom. The Balaban J connectivity index is 1.91. The molecule has 164 valence electrons. The molecule has 1 aliphatic heterocycles. The van der Waals surface area contributed by atoms with E-state index in [1.807, 2.05) is 24.3 Å². The molecule has 2 heterocycles. The minimum atomic E-state index is -0.836. The van der Waals surface area contributed by atoms with Gasteiger partial charge in [0.25, 0.3) is 5.78 Å². The lowest BCUT2D eigenvalue weighted by Gasteiger charge is -2.24. The molecular formula is C25H23BrN2O4. The van der Waals surface area contributed by atoms with Gasteiger partial charge in [0.2, 0.25) is 0 Å². The van der Waals surface area contributed by atoms with Gasteiger partial charge in [0, 0.05) is 16.1 Å². The van der Waals surface area contributed by atoms with E-state index in [1.165, 1.54) is 4.90 Å². The number of carbonyl (C=O) groups excluding carboxylic acids is 2. The number of aromatic nitrogens is 1. The highest BCUT2D eigenvalue weighted by Gasteiger charge is 2.48. The van der Waals surface area contributed by atoms with Crippen LogP contribution in [0, 0.1) is 6.92 Å². The van der Waals surface area contributed by atoms with Crippen LogP contribution in [0.2, 0.25) is 0 Å². The van der Waals surface area contributed by atoms with Crippen molar-refractivity contribution < 1.29 is 19.2 Å². The Hall–Kier alpha value is -3.19. The smallest absolute Gasteiger partial charge is 0.301 e. The average molecular weight is 495 g/mol. The molecule has 1 aromatic heterocycles. The monoisotopic (exact) mass is 494 g/mol. The molecule has 4 rings (SSSR count). The third-order valence-corrected chi connectivity index (χ3v) is 6.05. The highest BCUT2D eigenvalue weighted by atomic mass is 79.9. The number of nitrogens with zero attached hydrogens (tertiary/aromatic N) is 2. The molecule has 1 saturated heterocycles. The van der Waals surface area contributed by atoms with Gasteiger partial charge in [-0.25, -0.2) is 0 Å². The molecule has 1 unspecified atom stereocenters. The van der Waals surface area contributed by atoms with Crippen molar-refractivity contribution in [3.8, 4) is 0 Å². The van der Waals surface area contributed by atoms with Gasteiger partial charge in [-0.3, -0.25) is 14.5 Å². The summed E-state index contributed by atoms with van der Waals surface area (Å²) in [7, 11) is 0. The van der Waals surface area contributed by atoms with E-state index in [0.29, 0.717) is 16.9 Å². The van der Waals surface area contributed by atoms with Crippen molar-refractivity contribution in [1.82, 2.24) is 5.16 Å². The number of hydrogen-bond acceptors (Lipinski definition) is 5. The summed E-state index contributed by atoms with van der Waals surface area (Å²) in [6.07, 6.45) is 0. The second-order valence-electron chi connectivity index (χ2n) is 8.84. The number of carbonyl (C=O) groups is 2. The molecule has 6 nitrogen and oxygen atoms in total. The van der Waals surface area contributed by atoms with Crippen LogP contribution in [0.25, 0.3) is 5.76 Å². The van der Waals surface area contributed by atoms with Crippen molar-refractivity contribution in [3.05, 3.63) is 87.1 Å². The molecule has 32 heavy (non-hydrogen) atoms. The number of Topliss-reactive ketones (excluding diaryl/α,β-unsaturated/α-hetero) is 1. The van der Waals surface area contributed by atoms with Gasteiger partial charge in [-0.15, -0.1) is 0 Å². The molecule has 3 aromatic rings. The molecule has 0 bridgehead atoms. The van der Waals surface area contributed by atoms with Gasteiger partial charge < -0.3 is 9.63 Å². The molecular weight excluding hydrogens is 472 g/mol. The fourth-order valence-electron chi connectivity index (χ4n) is 3.78. The minimum absolute atomic E-state index is 0.0153. The third kappa shape index (κ3) is 3.88. The Morgan fingerprint density at radius 3 is 2.22 bits per heavy atom. The summed E-state index contributed by atoms with van der Waals surface area (Å²) in [6.45, 7) is 8.04. The Kier molecular flexibility index (Phi) is 5.54. The normalized spacial score (nSPS) is 18.4. The van der Waals surface area contributed by atoms with Gasteiger partial charge >= 0.3 is 5.91 Å². The van der Waals surface area contributed by atoms with E-state index in [0.717, 1.165) is 10.0 Å². The summed E-state index contributed by atoms with van der Waals surface area (Å²) in [5.74, 6) is -1.03. The van der Waals surface area contributed by atoms with Crippen LogP contribution in [-0.4, -0.2) is 22.0 Å². The molecule has 1 N–H and O–H groups in total. The summed E-state index contributed by atoms with van der Waals surface area (Å²) in [6, 6.07) is 15.4. The molecule has 1 amide bonds. The molecule has 1 aliphatic rings. The molecule has 0 spiro atoms. The molecule has 1 fully saturated rings. The fourth-order valence-corrected chi connectivity index (χ4v) is 4.04. The van der Waals surface area contributed by atoms with Crippen molar-refractivity contribution >= 4 is 39.2 Å². The van der Waals surface area contributed by atoms with Crippen LogP contribution < -0.4 is 4.90 Å². The highest BCUT2D eigenvalue weighted by molar-refractivity contribution is 9.10. The maximum Gasteiger partial charge on any atom is 0.301 e. The zero-order valence-electron chi connectivity index (χ0n) is 18.2. The van der Waals surface area contributed by atoms with Crippen LogP contribution in [0.4, 0.5) is 5.82 Å². The first kappa shape index (κ1) is 22.0. The van der Waals surface area contributed by atoms with E-state index in [2.05, 4.69) is 41.9 Å². The van der Waals surface area contributed by atoms with Gasteiger partial charge in [-0.2, -0.15) is 0 Å². The zero-order valence-corrected chi connectivity index (χ0v) is 19.8. The first-order valence-electron chi connectivity index (χ1n) is 10.2. The predicted molar refractivity (Wildman–Crippen MR) is 125 cm³/mol. The molecule has 0 radical (unpaired) electrons. The number of benzene rings is 2. The quantitative estimate of drug-likeness (QED) is 0.288. The van der Waals surface area contributed by atoms with E-state index in [1.54, 1.807) is 37.3 Å². The molecule has 0 saturated carbocycles. The van der Waals surface area contributed by atoms with Gasteiger partial charge in [0.05, 0.1) is 11.6 Å². The van der Waals surface area contributed by atoms with Gasteiger partial charge in [0.1, 0.15) is 11.5 Å². The minimum Gasteiger partial charge on any atom is -0.507 e. The second-order valence-corrected chi connectivity index (χ2v) is 9.76. The van der Waals surface area contributed by atoms with Crippen molar-refractivity contribution in [2.24, 2.45) is 0 Å². The van der Waals surface area contributed by atoms with Gasteiger partial charge in [-0.1, -0.05) is 78.3 Å². The summed E-state index contributed by atoms with van der Waals surface area (Å²) in [5.41, 5.74) is 2.21. The lowest BCUT2D eigenvalue weighted by Crippen LogP contribution is -2.29. The topological polar surface area (TPSA) is 83.6 Å². The molecule has 1 atom stereocenters. The average Bonchev–Trinajstić information content (AvgIpc) is 3.28. The third-order valence-electron chi connectivity index (χ3n) is 5.52. The van der Waals surface area contributed by atoms with Crippen LogP contribution in [0.3, 0.4) is 0 Å². The maximum atomic E-state index is 13.1. The van der Waals surface area contributed by atoms with E-state index >= 15 is 0 Å². The maximum absolute atomic E-state index is 13.1. The van der Waals surface area contributed by atoms with Gasteiger partial charge in [0.15, 0.2) is 5.82 Å². The van der Waals surface area contributed by atoms with Crippen molar-refractivity contribution in [2.75, 3.05) is 4.90 Å². The van der Waals surface area contributed by atoms with Gasteiger partial charge in [-0.05, 0) is 35.6 Å². The Labute approximate surface area is 194 Å². The predicted octanol–water partition coefficient (Wildman–Crippen LogP) is 5.67. The largest absolute Gasteiger partial charge is 0.507 e. The first-order valence-corrected chi connectivity index (χ1v) is 11.0. The first-order chi connectivity index (χ1) is 15.1. The van der Waals surface area contributed by atoms with Crippen LogP contribution in [0.15, 0.2) is 69.2 Å². The number of amides is 1. The van der Waals surface area contributed by atoms with Crippen molar-refractivity contribution in [3.63, 3.8) is 0 Å². The van der Waals surface area contributed by atoms with Crippen molar-refractivity contribution in [1.29, 1.82) is 0 Å². The lowest BCUT2D eigenvalue weighted by atomic mass is 9.85. The Bertz CT molecular complexity index is 1220. The number of ketones is 1. The number of hydrogen-bond donors (Lipinski definition) is 1.